The Morgan fingerprint density at radius 2 is 2.00 bits per heavy atom. The molecule has 0 aliphatic rings. The van der Waals surface area contributed by atoms with Crippen LogP contribution in [-0.4, -0.2) is 25.0 Å². The number of ether oxygens (including phenoxy) is 1. The molecule has 118 valence electrons. The summed E-state index contributed by atoms with van der Waals surface area (Å²) in [5.41, 5.74) is 1.34. The van der Waals surface area contributed by atoms with E-state index in [0.29, 0.717) is 11.1 Å². The first kappa shape index (κ1) is 15.1. The molecule has 0 aliphatic heterocycles. The molecule has 4 nitrogen and oxygen atoms in total. The standard InChI is InChI=1S/C18H16FNO3/c1-20(11-12-7-8-16(22-2)14(19)9-12)18(21)17-10-13-5-3-4-6-15(13)23-17/h3-10H,11H2,1-2H3. The van der Waals surface area contributed by atoms with Crippen molar-refractivity contribution in [1.82, 2.24) is 4.90 Å². The van der Waals surface area contributed by atoms with Crippen LogP contribution in [0.2, 0.25) is 0 Å². The Morgan fingerprint density at radius 1 is 1.22 bits per heavy atom. The summed E-state index contributed by atoms with van der Waals surface area (Å²) in [7, 11) is 3.06. The molecule has 1 amide bonds. The van der Waals surface area contributed by atoms with E-state index in [1.54, 1.807) is 25.2 Å². The third-order valence-electron chi connectivity index (χ3n) is 3.62. The predicted octanol–water partition coefficient (Wildman–Crippen LogP) is 3.85. The summed E-state index contributed by atoms with van der Waals surface area (Å²) in [6.45, 7) is 0.275. The second-order valence-electron chi connectivity index (χ2n) is 5.28. The van der Waals surface area contributed by atoms with Gasteiger partial charge in [-0.3, -0.25) is 4.79 Å². The summed E-state index contributed by atoms with van der Waals surface area (Å²) in [6, 6.07) is 13.8. The average Bonchev–Trinajstić information content (AvgIpc) is 2.98. The zero-order valence-electron chi connectivity index (χ0n) is 12.9. The van der Waals surface area contributed by atoms with E-state index in [2.05, 4.69) is 0 Å². The lowest BCUT2D eigenvalue weighted by Gasteiger charge is -2.16. The minimum Gasteiger partial charge on any atom is -0.494 e. The molecule has 0 bridgehead atoms. The van der Waals surface area contributed by atoms with Gasteiger partial charge in [-0.15, -0.1) is 0 Å². The van der Waals surface area contributed by atoms with Gasteiger partial charge in [0.25, 0.3) is 5.91 Å². The summed E-state index contributed by atoms with van der Waals surface area (Å²) >= 11 is 0. The third-order valence-corrected chi connectivity index (χ3v) is 3.62. The molecule has 0 aliphatic carbocycles. The molecule has 23 heavy (non-hydrogen) atoms. The highest BCUT2D eigenvalue weighted by atomic mass is 19.1. The largest absolute Gasteiger partial charge is 0.494 e. The van der Waals surface area contributed by atoms with Crippen molar-refractivity contribution in [2.24, 2.45) is 0 Å². The fourth-order valence-electron chi connectivity index (χ4n) is 2.43. The van der Waals surface area contributed by atoms with Crippen molar-refractivity contribution >= 4 is 16.9 Å². The molecular formula is C18H16FNO3. The SMILES string of the molecule is COc1ccc(CN(C)C(=O)c2cc3ccccc3o2)cc1F. The Kier molecular flexibility index (Phi) is 4.02. The van der Waals surface area contributed by atoms with E-state index in [-0.39, 0.29) is 24.0 Å². The average molecular weight is 313 g/mol. The van der Waals surface area contributed by atoms with Crippen LogP contribution in [0.1, 0.15) is 16.1 Å². The van der Waals surface area contributed by atoms with Crippen LogP contribution >= 0.6 is 0 Å². The molecule has 1 heterocycles. The maximum Gasteiger partial charge on any atom is 0.289 e. The van der Waals surface area contributed by atoms with Gasteiger partial charge in [-0.25, -0.2) is 4.39 Å². The molecule has 0 spiro atoms. The van der Waals surface area contributed by atoms with Gasteiger partial charge < -0.3 is 14.1 Å². The van der Waals surface area contributed by atoms with Crippen molar-refractivity contribution in [3.8, 4) is 5.75 Å². The van der Waals surface area contributed by atoms with E-state index in [1.807, 2.05) is 24.3 Å². The number of halogens is 1. The van der Waals surface area contributed by atoms with Crippen molar-refractivity contribution < 1.29 is 18.3 Å². The highest BCUT2D eigenvalue weighted by molar-refractivity contribution is 5.95. The third kappa shape index (κ3) is 3.04. The van der Waals surface area contributed by atoms with Gasteiger partial charge in [0, 0.05) is 19.0 Å². The summed E-state index contributed by atoms with van der Waals surface area (Å²) in [6.07, 6.45) is 0. The van der Waals surface area contributed by atoms with Crippen LogP contribution in [0.4, 0.5) is 4.39 Å². The van der Waals surface area contributed by atoms with Crippen LogP contribution in [0.15, 0.2) is 52.9 Å². The van der Waals surface area contributed by atoms with Gasteiger partial charge in [-0.1, -0.05) is 24.3 Å². The Bertz CT molecular complexity index is 823. The molecular weight excluding hydrogens is 297 g/mol. The number of benzene rings is 2. The normalized spacial score (nSPS) is 10.7. The molecule has 0 radical (unpaired) electrons. The van der Waals surface area contributed by atoms with Crippen molar-refractivity contribution in [2.45, 2.75) is 6.54 Å². The maximum atomic E-state index is 13.7. The Balaban J connectivity index is 1.78. The van der Waals surface area contributed by atoms with Crippen LogP contribution in [-0.2, 0) is 6.54 Å². The molecule has 0 saturated heterocycles. The zero-order chi connectivity index (χ0) is 16.4. The molecule has 3 aromatic rings. The Hall–Kier alpha value is -2.82. The first-order chi connectivity index (χ1) is 11.1. The number of carbonyl (C=O) groups excluding carboxylic acids is 1. The molecule has 0 N–H and O–H groups in total. The number of fused-ring (bicyclic) bond motifs is 1. The van der Waals surface area contributed by atoms with Gasteiger partial charge >= 0.3 is 0 Å². The van der Waals surface area contributed by atoms with Crippen LogP contribution in [0.5, 0.6) is 5.75 Å². The second kappa shape index (κ2) is 6.12. The van der Waals surface area contributed by atoms with Crippen molar-refractivity contribution in [2.75, 3.05) is 14.2 Å². The summed E-state index contributed by atoms with van der Waals surface area (Å²) in [5.74, 6) is -0.255. The van der Waals surface area contributed by atoms with E-state index in [0.717, 1.165) is 5.39 Å². The number of nitrogens with zero attached hydrogens (tertiary/aromatic N) is 1. The van der Waals surface area contributed by atoms with E-state index in [1.165, 1.54) is 18.1 Å². The van der Waals surface area contributed by atoms with Crippen molar-refractivity contribution in [3.63, 3.8) is 0 Å². The highest BCUT2D eigenvalue weighted by Gasteiger charge is 2.17. The monoisotopic (exact) mass is 313 g/mol. The molecule has 0 saturated carbocycles. The smallest absolute Gasteiger partial charge is 0.289 e. The van der Waals surface area contributed by atoms with Gasteiger partial charge in [0.15, 0.2) is 17.3 Å². The number of hydrogen-bond donors (Lipinski definition) is 0. The molecule has 1 aromatic heterocycles. The Labute approximate surface area is 133 Å². The number of carbonyl (C=O) groups is 1. The van der Waals surface area contributed by atoms with Crippen LogP contribution in [0, 0.1) is 5.82 Å². The lowest BCUT2D eigenvalue weighted by molar-refractivity contribution is 0.0755. The van der Waals surface area contributed by atoms with Crippen molar-refractivity contribution in [3.05, 3.63) is 65.7 Å². The summed E-state index contributed by atoms with van der Waals surface area (Å²) in [4.78, 5) is 13.9. The number of furan rings is 1. The van der Waals surface area contributed by atoms with Crippen LogP contribution in [0.25, 0.3) is 11.0 Å². The summed E-state index contributed by atoms with van der Waals surface area (Å²) < 4.78 is 24.2. The first-order valence-corrected chi connectivity index (χ1v) is 7.15. The fraction of sp³-hybridized carbons (Fsp3) is 0.167. The topological polar surface area (TPSA) is 42.7 Å². The molecule has 0 atom stereocenters. The number of methoxy groups -OCH3 is 1. The van der Waals surface area contributed by atoms with Gasteiger partial charge in [-0.05, 0) is 29.8 Å². The van der Waals surface area contributed by atoms with Crippen LogP contribution < -0.4 is 4.74 Å². The zero-order valence-corrected chi connectivity index (χ0v) is 12.9. The molecule has 5 heteroatoms. The predicted molar refractivity (Wildman–Crippen MR) is 85.0 cm³/mol. The number of amides is 1. The van der Waals surface area contributed by atoms with E-state index < -0.39 is 5.82 Å². The highest BCUT2D eigenvalue weighted by Crippen LogP contribution is 2.21. The number of hydrogen-bond acceptors (Lipinski definition) is 3. The van der Waals surface area contributed by atoms with Crippen LogP contribution in [0.3, 0.4) is 0 Å². The number of rotatable bonds is 4. The fourth-order valence-corrected chi connectivity index (χ4v) is 2.43. The maximum absolute atomic E-state index is 13.7. The van der Waals surface area contributed by atoms with E-state index >= 15 is 0 Å². The lowest BCUT2D eigenvalue weighted by Crippen LogP contribution is -2.25. The van der Waals surface area contributed by atoms with Gasteiger partial charge in [0.05, 0.1) is 7.11 Å². The Morgan fingerprint density at radius 3 is 2.70 bits per heavy atom. The van der Waals surface area contributed by atoms with E-state index in [4.69, 9.17) is 9.15 Å². The van der Waals surface area contributed by atoms with Gasteiger partial charge in [0.1, 0.15) is 5.58 Å². The number of para-hydroxylation sites is 1. The molecule has 0 unspecified atom stereocenters. The first-order valence-electron chi connectivity index (χ1n) is 7.15. The second-order valence-corrected chi connectivity index (χ2v) is 5.28. The molecule has 0 fully saturated rings. The lowest BCUT2D eigenvalue weighted by atomic mass is 10.2. The minimum atomic E-state index is -0.449. The quantitative estimate of drug-likeness (QED) is 0.734. The van der Waals surface area contributed by atoms with Gasteiger partial charge in [-0.2, -0.15) is 0 Å². The molecule has 2 aromatic carbocycles. The van der Waals surface area contributed by atoms with Gasteiger partial charge in [0.2, 0.25) is 0 Å². The molecule has 3 rings (SSSR count). The summed E-state index contributed by atoms with van der Waals surface area (Å²) in [5, 5.41) is 0.875. The van der Waals surface area contributed by atoms with Crippen molar-refractivity contribution in [1.29, 1.82) is 0 Å². The minimum absolute atomic E-state index is 0.181. The van der Waals surface area contributed by atoms with E-state index in [9.17, 15) is 9.18 Å².